The summed E-state index contributed by atoms with van der Waals surface area (Å²) in [6.45, 7) is 4.59. The Kier molecular flexibility index (Phi) is 6.97. The first-order chi connectivity index (χ1) is 12.5. The number of rotatable bonds is 5. The summed E-state index contributed by atoms with van der Waals surface area (Å²) in [6.07, 6.45) is -12.0. The molecule has 1 atom stereocenters. The predicted octanol–water partition coefficient (Wildman–Crippen LogP) is 4.63. The first-order valence-electron chi connectivity index (χ1n) is 8.00. The lowest BCUT2D eigenvalue weighted by Crippen LogP contribution is -2.43. The Balaban J connectivity index is 3.01. The maximum atomic E-state index is 12.9. The van der Waals surface area contributed by atoms with E-state index in [0.29, 0.717) is 12.1 Å². The maximum Gasteiger partial charge on any atom is 0.416 e. The number of halogens is 6. The molecule has 5 nitrogen and oxygen atoms in total. The van der Waals surface area contributed by atoms with E-state index >= 15 is 0 Å². The molecule has 0 fully saturated rings. The molecule has 0 aliphatic rings. The van der Waals surface area contributed by atoms with Gasteiger partial charge in [0.25, 0.3) is 0 Å². The SMILES string of the molecule is CC(C)(C)OC(=O)N[C@@H](CCc1cc(C(F)(F)F)cc(C(F)(F)F)c1)C(=O)O. The van der Waals surface area contributed by atoms with Crippen LogP contribution in [0.2, 0.25) is 0 Å². The number of hydrogen-bond acceptors (Lipinski definition) is 3. The van der Waals surface area contributed by atoms with E-state index in [1.165, 1.54) is 20.8 Å². The fraction of sp³-hybridized carbons (Fsp3) is 0.529. The summed E-state index contributed by atoms with van der Waals surface area (Å²) in [6, 6.07) is -0.542. The van der Waals surface area contributed by atoms with Gasteiger partial charge in [-0.1, -0.05) is 0 Å². The summed E-state index contributed by atoms with van der Waals surface area (Å²) in [4.78, 5) is 22.9. The third-order valence-corrected chi connectivity index (χ3v) is 3.36. The number of carboxylic acids is 1. The van der Waals surface area contributed by atoms with Crippen LogP contribution in [-0.4, -0.2) is 28.8 Å². The number of aryl methyl sites for hydroxylation is 1. The number of nitrogens with one attached hydrogen (secondary N) is 1. The zero-order valence-electron chi connectivity index (χ0n) is 15.2. The molecule has 0 spiro atoms. The Morgan fingerprint density at radius 2 is 1.46 bits per heavy atom. The Hall–Kier alpha value is -2.46. The molecule has 1 aromatic carbocycles. The zero-order chi connectivity index (χ0) is 21.9. The van der Waals surface area contributed by atoms with Crippen LogP contribution in [0.4, 0.5) is 31.1 Å². The van der Waals surface area contributed by atoms with Gasteiger partial charge in [-0.2, -0.15) is 26.3 Å². The highest BCUT2D eigenvalue weighted by Crippen LogP contribution is 2.36. The van der Waals surface area contributed by atoms with Crippen molar-refractivity contribution in [2.45, 2.75) is 57.6 Å². The third kappa shape index (κ3) is 7.65. The smallest absolute Gasteiger partial charge is 0.416 e. The van der Waals surface area contributed by atoms with Crippen molar-refractivity contribution < 1.29 is 45.8 Å². The van der Waals surface area contributed by atoms with Gasteiger partial charge in [0.1, 0.15) is 11.6 Å². The number of hydrogen-bond donors (Lipinski definition) is 2. The molecule has 0 unspecified atom stereocenters. The van der Waals surface area contributed by atoms with Gasteiger partial charge in [-0.05, 0) is 57.4 Å². The van der Waals surface area contributed by atoms with Gasteiger partial charge in [0.05, 0.1) is 11.1 Å². The van der Waals surface area contributed by atoms with Crippen LogP contribution in [0.3, 0.4) is 0 Å². The second-order valence-electron chi connectivity index (χ2n) is 6.99. The van der Waals surface area contributed by atoms with Gasteiger partial charge < -0.3 is 15.2 Å². The molecule has 158 valence electrons. The van der Waals surface area contributed by atoms with E-state index in [1.54, 1.807) is 0 Å². The van der Waals surface area contributed by atoms with Gasteiger partial charge >= 0.3 is 24.4 Å². The van der Waals surface area contributed by atoms with E-state index in [1.807, 2.05) is 5.32 Å². The van der Waals surface area contributed by atoms with Gasteiger partial charge in [0.15, 0.2) is 0 Å². The van der Waals surface area contributed by atoms with Crippen molar-refractivity contribution in [2.75, 3.05) is 0 Å². The Labute approximate surface area is 156 Å². The fourth-order valence-corrected chi connectivity index (χ4v) is 2.18. The molecular weight excluding hydrogens is 396 g/mol. The van der Waals surface area contributed by atoms with Gasteiger partial charge in [0.2, 0.25) is 0 Å². The maximum absolute atomic E-state index is 12.9. The zero-order valence-corrected chi connectivity index (χ0v) is 15.2. The topological polar surface area (TPSA) is 75.6 Å². The molecule has 0 aliphatic carbocycles. The van der Waals surface area contributed by atoms with E-state index in [0.717, 1.165) is 0 Å². The number of carbonyl (C=O) groups excluding carboxylic acids is 1. The average Bonchev–Trinajstić information content (AvgIpc) is 2.47. The molecule has 0 aromatic heterocycles. The summed E-state index contributed by atoms with van der Waals surface area (Å²) in [5.41, 5.74) is -4.27. The number of carbonyl (C=O) groups is 2. The first kappa shape index (κ1) is 23.6. The molecule has 28 heavy (non-hydrogen) atoms. The van der Waals surface area contributed by atoms with Gasteiger partial charge in [-0.3, -0.25) is 0 Å². The molecule has 11 heteroatoms. The number of aliphatic carboxylic acids is 1. The minimum atomic E-state index is -5.00. The van der Waals surface area contributed by atoms with Crippen molar-refractivity contribution in [1.82, 2.24) is 5.32 Å². The second-order valence-corrected chi connectivity index (χ2v) is 6.99. The van der Waals surface area contributed by atoms with Gasteiger partial charge in [-0.15, -0.1) is 0 Å². The Morgan fingerprint density at radius 1 is 1.00 bits per heavy atom. The van der Waals surface area contributed by atoms with Crippen molar-refractivity contribution in [3.63, 3.8) is 0 Å². The van der Waals surface area contributed by atoms with E-state index < -0.39 is 60.0 Å². The minimum absolute atomic E-state index is 0.0167. The highest BCUT2D eigenvalue weighted by atomic mass is 19.4. The molecular formula is C17H19F6NO4. The van der Waals surface area contributed by atoms with Crippen LogP contribution < -0.4 is 5.32 Å². The largest absolute Gasteiger partial charge is 0.480 e. The summed E-state index contributed by atoms with van der Waals surface area (Å²) in [7, 11) is 0. The standard InChI is InChI=1S/C17H19F6NO4/c1-15(2,3)28-14(27)24-12(13(25)26)5-4-9-6-10(16(18,19)20)8-11(7-9)17(21,22)23/h6-8,12H,4-5H2,1-3H3,(H,24,27)(H,25,26)/t12-/m0/s1. The van der Waals surface area contributed by atoms with E-state index in [2.05, 4.69) is 0 Å². The van der Waals surface area contributed by atoms with E-state index in [4.69, 9.17) is 9.84 Å². The third-order valence-electron chi connectivity index (χ3n) is 3.36. The van der Waals surface area contributed by atoms with Crippen LogP contribution in [0.15, 0.2) is 18.2 Å². The van der Waals surface area contributed by atoms with Crippen molar-refractivity contribution in [2.24, 2.45) is 0 Å². The number of alkyl halides is 6. The molecule has 1 aromatic rings. The van der Waals surface area contributed by atoms with E-state index in [-0.39, 0.29) is 11.6 Å². The summed E-state index contributed by atoms with van der Waals surface area (Å²) < 4.78 is 82.0. The van der Waals surface area contributed by atoms with Crippen molar-refractivity contribution in [3.8, 4) is 0 Å². The van der Waals surface area contributed by atoms with Gasteiger partial charge in [0, 0.05) is 0 Å². The average molecular weight is 415 g/mol. The number of benzene rings is 1. The number of alkyl carbamates (subject to hydrolysis) is 1. The lowest BCUT2D eigenvalue weighted by Gasteiger charge is -2.22. The molecule has 2 N–H and O–H groups in total. The molecule has 0 aliphatic heterocycles. The van der Waals surface area contributed by atoms with E-state index in [9.17, 15) is 35.9 Å². The monoisotopic (exact) mass is 415 g/mol. The lowest BCUT2D eigenvalue weighted by molar-refractivity contribution is -0.143. The molecule has 0 heterocycles. The van der Waals surface area contributed by atoms with Crippen LogP contribution >= 0.6 is 0 Å². The molecule has 1 amide bonds. The summed E-state index contributed by atoms with van der Waals surface area (Å²) >= 11 is 0. The molecule has 0 bridgehead atoms. The van der Waals surface area contributed by atoms with Crippen molar-refractivity contribution in [3.05, 3.63) is 34.9 Å². The number of ether oxygens (including phenoxy) is 1. The molecule has 0 saturated heterocycles. The highest BCUT2D eigenvalue weighted by molar-refractivity contribution is 5.80. The molecule has 0 saturated carbocycles. The quantitative estimate of drug-likeness (QED) is 0.688. The second kappa shape index (κ2) is 8.27. The highest BCUT2D eigenvalue weighted by Gasteiger charge is 2.37. The van der Waals surface area contributed by atoms with Crippen LogP contribution in [0.25, 0.3) is 0 Å². The molecule has 1 rings (SSSR count). The summed E-state index contributed by atoms with van der Waals surface area (Å²) in [5.74, 6) is -1.51. The van der Waals surface area contributed by atoms with Crippen LogP contribution in [0.1, 0.15) is 43.9 Å². The minimum Gasteiger partial charge on any atom is -0.480 e. The summed E-state index contributed by atoms with van der Waals surface area (Å²) in [5, 5.41) is 11.2. The predicted molar refractivity (Wildman–Crippen MR) is 85.6 cm³/mol. The van der Waals surface area contributed by atoms with Gasteiger partial charge in [-0.25, -0.2) is 9.59 Å². The Bertz CT molecular complexity index is 690. The lowest BCUT2D eigenvalue weighted by atomic mass is 9.99. The number of amides is 1. The molecule has 0 radical (unpaired) electrons. The van der Waals surface area contributed by atoms with Crippen LogP contribution in [0, 0.1) is 0 Å². The normalized spacial score (nSPS) is 13.8. The number of carboxylic acid groups (broad SMARTS) is 1. The first-order valence-corrected chi connectivity index (χ1v) is 8.00. The van der Waals surface area contributed by atoms with Crippen molar-refractivity contribution >= 4 is 12.1 Å². The Morgan fingerprint density at radius 3 is 1.82 bits per heavy atom. The van der Waals surface area contributed by atoms with Crippen LogP contribution in [-0.2, 0) is 28.3 Å². The van der Waals surface area contributed by atoms with Crippen molar-refractivity contribution in [1.29, 1.82) is 0 Å². The fourth-order valence-electron chi connectivity index (χ4n) is 2.18. The van der Waals surface area contributed by atoms with Crippen LogP contribution in [0.5, 0.6) is 0 Å².